The summed E-state index contributed by atoms with van der Waals surface area (Å²) in [6.07, 6.45) is 7.41. The van der Waals surface area contributed by atoms with E-state index in [1.165, 1.54) is 0 Å². The molecule has 0 aliphatic rings. The smallest absolute Gasteiger partial charge is 0.335 e. The number of aliphatic carboxylic acids is 1. The van der Waals surface area contributed by atoms with Crippen LogP contribution in [0.25, 0.3) is 17.0 Å². The fourth-order valence-electron chi connectivity index (χ4n) is 2.67. The number of fused-ring (bicyclic) bond motifs is 1. The van der Waals surface area contributed by atoms with Gasteiger partial charge in [-0.2, -0.15) is 0 Å². The summed E-state index contributed by atoms with van der Waals surface area (Å²) in [6, 6.07) is 5.90. The molecule has 0 spiro atoms. The van der Waals surface area contributed by atoms with Crippen molar-refractivity contribution in [1.29, 1.82) is 0 Å². The molecule has 0 aliphatic carbocycles. The highest BCUT2D eigenvalue weighted by molar-refractivity contribution is 7.10. The van der Waals surface area contributed by atoms with E-state index < -0.39 is 5.97 Å². The molecule has 0 amide bonds. The average molecular weight is 365 g/mol. The number of nitrogens with zero attached hydrogens (tertiary/aromatic N) is 3. The average Bonchev–Trinajstić information content (AvgIpc) is 3.17. The van der Waals surface area contributed by atoms with Gasteiger partial charge in [0.05, 0.1) is 22.0 Å². The van der Waals surface area contributed by atoms with Crippen LogP contribution >= 0.6 is 11.3 Å². The first kappa shape index (κ1) is 17.8. The van der Waals surface area contributed by atoms with Gasteiger partial charge in [0.2, 0.25) is 0 Å². The summed E-state index contributed by atoms with van der Waals surface area (Å²) in [7, 11) is 0. The highest BCUT2D eigenvalue weighted by Gasteiger charge is 2.14. The number of carboxylic acid groups (broad SMARTS) is 1. The molecule has 0 aliphatic heterocycles. The molecule has 0 fully saturated rings. The molecular formula is C20H19N3O2S. The Balaban J connectivity index is 1.80. The van der Waals surface area contributed by atoms with Gasteiger partial charge >= 0.3 is 5.97 Å². The van der Waals surface area contributed by atoms with Crippen LogP contribution in [0, 0.1) is 6.92 Å². The van der Waals surface area contributed by atoms with Crippen LogP contribution in [0.3, 0.4) is 0 Å². The molecule has 3 aromatic heterocycles. The van der Waals surface area contributed by atoms with Gasteiger partial charge in [-0.25, -0.2) is 14.8 Å². The molecular weight excluding hydrogens is 346 g/mol. The van der Waals surface area contributed by atoms with Crippen LogP contribution in [0.4, 0.5) is 0 Å². The second-order valence-electron chi connectivity index (χ2n) is 5.82. The first-order valence-corrected chi connectivity index (χ1v) is 9.01. The Morgan fingerprint density at radius 1 is 1.35 bits per heavy atom. The van der Waals surface area contributed by atoms with E-state index in [4.69, 9.17) is 10.1 Å². The Hall–Kier alpha value is -2.99. The summed E-state index contributed by atoms with van der Waals surface area (Å²) >= 11 is 1.56. The molecule has 0 radical (unpaired) electrons. The van der Waals surface area contributed by atoms with E-state index in [0.29, 0.717) is 6.42 Å². The summed E-state index contributed by atoms with van der Waals surface area (Å²) < 4.78 is 2.04. The molecule has 5 nitrogen and oxygen atoms in total. The van der Waals surface area contributed by atoms with Crippen molar-refractivity contribution in [2.24, 2.45) is 0 Å². The van der Waals surface area contributed by atoms with Crippen molar-refractivity contribution in [3.63, 3.8) is 0 Å². The van der Waals surface area contributed by atoms with Crippen molar-refractivity contribution in [3.05, 3.63) is 76.4 Å². The lowest BCUT2D eigenvalue weighted by Crippen LogP contribution is -1.97. The largest absolute Gasteiger partial charge is 0.478 e. The number of pyridine rings is 1. The standard InChI is InChI=1S/C20H19N3O2S/c1-4-15(20(24)25)9-8-13(2)11-18-22-16(12-26-18)19-14(3)21-17-7-5-6-10-23(17)19/h4-10,12H,2,11H2,1,3H3,(H,24,25)/b9-8-,15-4+. The van der Waals surface area contributed by atoms with Crippen LogP contribution in [-0.2, 0) is 11.2 Å². The molecule has 132 valence electrons. The van der Waals surface area contributed by atoms with E-state index in [9.17, 15) is 4.79 Å². The Kier molecular flexibility index (Phi) is 5.14. The third-order valence-corrected chi connectivity index (χ3v) is 4.78. The van der Waals surface area contributed by atoms with Crippen LogP contribution in [0.2, 0.25) is 0 Å². The van der Waals surface area contributed by atoms with Crippen molar-refractivity contribution in [3.8, 4) is 11.4 Å². The van der Waals surface area contributed by atoms with E-state index >= 15 is 0 Å². The first-order valence-electron chi connectivity index (χ1n) is 8.13. The number of hydrogen-bond donors (Lipinski definition) is 1. The van der Waals surface area contributed by atoms with Gasteiger partial charge in [0.25, 0.3) is 0 Å². The zero-order valence-corrected chi connectivity index (χ0v) is 15.5. The summed E-state index contributed by atoms with van der Waals surface area (Å²) in [6.45, 7) is 7.67. The van der Waals surface area contributed by atoms with Gasteiger partial charge in [-0.1, -0.05) is 24.8 Å². The van der Waals surface area contributed by atoms with Crippen LogP contribution in [0.15, 0.2) is 65.7 Å². The van der Waals surface area contributed by atoms with E-state index in [1.54, 1.807) is 36.5 Å². The number of allylic oxidation sites excluding steroid dienone is 3. The Labute approximate surface area is 155 Å². The van der Waals surface area contributed by atoms with Gasteiger partial charge in [0.1, 0.15) is 11.3 Å². The predicted octanol–water partition coefficient (Wildman–Crippen LogP) is 4.45. The molecule has 6 heteroatoms. The summed E-state index contributed by atoms with van der Waals surface area (Å²) in [5.74, 6) is -0.948. The van der Waals surface area contributed by atoms with E-state index in [2.05, 4.69) is 11.6 Å². The van der Waals surface area contributed by atoms with Gasteiger partial charge < -0.3 is 5.11 Å². The van der Waals surface area contributed by atoms with Gasteiger partial charge in [0.15, 0.2) is 0 Å². The topological polar surface area (TPSA) is 67.5 Å². The number of thiazole rings is 1. The fraction of sp³-hybridized carbons (Fsp3) is 0.150. The molecule has 0 bridgehead atoms. The number of hydrogen-bond acceptors (Lipinski definition) is 4. The van der Waals surface area contributed by atoms with Crippen molar-refractivity contribution < 1.29 is 9.90 Å². The van der Waals surface area contributed by atoms with Gasteiger partial charge in [-0.3, -0.25) is 4.40 Å². The minimum Gasteiger partial charge on any atom is -0.478 e. The number of imidazole rings is 1. The predicted molar refractivity (Wildman–Crippen MR) is 104 cm³/mol. The number of rotatable bonds is 6. The summed E-state index contributed by atoms with van der Waals surface area (Å²) in [5.41, 5.74) is 4.76. The highest BCUT2D eigenvalue weighted by Crippen LogP contribution is 2.27. The monoisotopic (exact) mass is 365 g/mol. The van der Waals surface area contributed by atoms with Crippen molar-refractivity contribution in [2.45, 2.75) is 20.3 Å². The Morgan fingerprint density at radius 3 is 2.88 bits per heavy atom. The SMILES string of the molecule is C=C(/C=C\C(=C/C)C(=O)O)Cc1nc(-c2c(C)nc3ccccn23)cs1. The van der Waals surface area contributed by atoms with Crippen LogP contribution in [0.1, 0.15) is 17.6 Å². The lowest BCUT2D eigenvalue weighted by molar-refractivity contribution is -0.132. The van der Waals surface area contributed by atoms with Gasteiger partial charge in [0, 0.05) is 18.0 Å². The lowest BCUT2D eigenvalue weighted by atomic mass is 10.1. The number of aryl methyl sites for hydroxylation is 1. The Morgan fingerprint density at radius 2 is 2.15 bits per heavy atom. The van der Waals surface area contributed by atoms with Crippen LogP contribution < -0.4 is 0 Å². The zero-order chi connectivity index (χ0) is 18.7. The molecule has 0 saturated heterocycles. The maximum atomic E-state index is 11.0. The highest BCUT2D eigenvalue weighted by atomic mass is 32.1. The molecule has 26 heavy (non-hydrogen) atoms. The molecule has 0 aromatic carbocycles. The molecule has 0 atom stereocenters. The number of carbonyl (C=O) groups is 1. The third-order valence-electron chi connectivity index (χ3n) is 3.93. The number of carboxylic acids is 1. The van der Waals surface area contributed by atoms with E-state index in [1.807, 2.05) is 41.1 Å². The quantitative estimate of drug-likeness (QED) is 0.517. The van der Waals surface area contributed by atoms with E-state index in [-0.39, 0.29) is 5.57 Å². The summed E-state index contributed by atoms with van der Waals surface area (Å²) in [4.78, 5) is 20.3. The second kappa shape index (κ2) is 7.49. The first-order chi connectivity index (χ1) is 12.5. The molecule has 3 aromatic rings. The molecule has 1 N–H and O–H groups in total. The van der Waals surface area contributed by atoms with E-state index in [0.717, 1.165) is 33.3 Å². The maximum absolute atomic E-state index is 11.0. The fourth-order valence-corrected chi connectivity index (χ4v) is 3.51. The van der Waals surface area contributed by atoms with Gasteiger partial charge in [-0.15, -0.1) is 11.3 Å². The number of aromatic nitrogens is 3. The second-order valence-corrected chi connectivity index (χ2v) is 6.76. The molecule has 0 saturated carbocycles. The lowest BCUT2D eigenvalue weighted by Gasteiger charge is -1.99. The minimum atomic E-state index is -0.948. The Bertz CT molecular complexity index is 1040. The normalized spacial score (nSPS) is 12.2. The molecule has 3 rings (SSSR count). The van der Waals surface area contributed by atoms with Crippen molar-refractivity contribution >= 4 is 23.0 Å². The van der Waals surface area contributed by atoms with Crippen molar-refractivity contribution in [2.75, 3.05) is 0 Å². The third kappa shape index (κ3) is 3.65. The minimum absolute atomic E-state index is 0.243. The molecule has 0 unspecified atom stereocenters. The van der Waals surface area contributed by atoms with Crippen LogP contribution in [-0.4, -0.2) is 25.4 Å². The van der Waals surface area contributed by atoms with Crippen LogP contribution in [0.5, 0.6) is 0 Å². The molecule has 3 heterocycles. The maximum Gasteiger partial charge on any atom is 0.335 e. The zero-order valence-electron chi connectivity index (χ0n) is 14.6. The van der Waals surface area contributed by atoms with Gasteiger partial charge in [-0.05, 0) is 37.6 Å². The summed E-state index contributed by atoms with van der Waals surface area (Å²) in [5, 5.41) is 12.0. The van der Waals surface area contributed by atoms with Crippen molar-refractivity contribution in [1.82, 2.24) is 14.4 Å².